The lowest BCUT2D eigenvalue weighted by Gasteiger charge is -2.37. The molecular weight excluding hydrogens is 686 g/mol. The van der Waals surface area contributed by atoms with E-state index in [4.69, 9.17) is 25.2 Å². The summed E-state index contributed by atoms with van der Waals surface area (Å²) in [5, 5.41) is 16.2. The average Bonchev–Trinajstić information content (AvgIpc) is 3.43. The first kappa shape index (κ1) is 45.9. The van der Waals surface area contributed by atoms with Gasteiger partial charge in [0.2, 0.25) is 27.5 Å². The predicted molar refractivity (Wildman–Crippen MR) is 210 cm³/mol. The Morgan fingerprint density at radius 1 is 0.741 bits per heavy atom. The molecule has 4 aliphatic rings. The first-order chi connectivity index (χ1) is 24.7. The summed E-state index contributed by atoms with van der Waals surface area (Å²) < 4.78 is 12.4. The zero-order valence-electron chi connectivity index (χ0n) is 35.1. The fraction of sp³-hybridized carbons (Fsp3) is 0.875. The molecule has 54 heavy (non-hydrogen) atoms. The highest BCUT2D eigenvalue weighted by molar-refractivity contribution is 6.57. The van der Waals surface area contributed by atoms with Crippen molar-refractivity contribution in [1.82, 2.24) is 20.4 Å². The number of rotatable bonds is 8. The van der Waals surface area contributed by atoms with Gasteiger partial charge in [-0.05, 0) is 132 Å². The van der Waals surface area contributed by atoms with E-state index in [1.807, 2.05) is 83.1 Å². The number of nitrogens with zero attached hydrogens (tertiary/aromatic N) is 2. The van der Waals surface area contributed by atoms with Crippen molar-refractivity contribution in [2.24, 2.45) is 23.7 Å². The van der Waals surface area contributed by atoms with Gasteiger partial charge in [0, 0.05) is 35.8 Å². The molecule has 2 aliphatic heterocycles. The Morgan fingerprint density at radius 2 is 1.15 bits per heavy atom. The summed E-state index contributed by atoms with van der Waals surface area (Å²) in [5.41, 5.74) is -2.19. The zero-order valence-corrected chi connectivity index (χ0v) is 35.1. The van der Waals surface area contributed by atoms with Crippen LogP contribution in [-0.2, 0) is 23.9 Å². The Bertz CT molecular complexity index is 1360. The summed E-state index contributed by atoms with van der Waals surface area (Å²) in [7, 11) is 11.2. The van der Waals surface area contributed by atoms with Gasteiger partial charge in [-0.3, -0.25) is 24.0 Å². The fourth-order valence-corrected chi connectivity index (χ4v) is 9.29. The molecule has 2 heterocycles. The standard InChI is InChI=1S/C20H35BN2O4.C20H33BN2O4/c2*1-7-15-16(27-20(5,6)23(15)18(21)26)10-12-8-9-13(24)11-14(12)17(25)22-19(2,3)4/h12-16,24H,7-11H2,1-6H3,(H,22,25);12,14-16H,7-11H2,1-6H3,(H,22,25)/t12?,13?,14?,15-,16+;12?,14?,15-,16+/m00/s1. The van der Waals surface area contributed by atoms with Crippen LogP contribution < -0.4 is 10.6 Å². The van der Waals surface area contributed by atoms with Gasteiger partial charge in [-0.25, -0.2) is 0 Å². The highest BCUT2D eigenvalue weighted by atomic mass is 16.5. The maximum absolute atomic E-state index is 12.8. The van der Waals surface area contributed by atoms with E-state index in [9.17, 15) is 29.1 Å². The van der Waals surface area contributed by atoms with Gasteiger partial charge in [0.1, 0.15) is 17.2 Å². The second kappa shape index (κ2) is 17.8. The zero-order chi connectivity index (χ0) is 41.1. The molecule has 2 saturated heterocycles. The molecule has 2 aliphatic carbocycles. The molecule has 5 unspecified atom stereocenters. The first-order valence-corrected chi connectivity index (χ1v) is 20.1. The number of hydrogen-bond acceptors (Lipinski definition) is 8. The van der Waals surface area contributed by atoms with E-state index in [1.54, 1.807) is 9.80 Å². The molecule has 4 radical (unpaired) electrons. The van der Waals surface area contributed by atoms with Crippen molar-refractivity contribution in [3.05, 3.63) is 0 Å². The normalized spacial score (nSPS) is 32.4. The Kier molecular flexibility index (Phi) is 15.1. The van der Waals surface area contributed by atoms with E-state index in [0.717, 1.165) is 19.3 Å². The molecule has 0 spiro atoms. The van der Waals surface area contributed by atoms with Crippen LogP contribution in [-0.4, -0.2) is 113 Å². The minimum Gasteiger partial charge on any atom is -0.393 e. The molecule has 0 aromatic carbocycles. The van der Waals surface area contributed by atoms with Crippen LogP contribution in [0.5, 0.6) is 0 Å². The molecule has 4 rings (SSSR count). The van der Waals surface area contributed by atoms with E-state index in [-0.39, 0.29) is 83.1 Å². The average molecular weight is 755 g/mol. The van der Waals surface area contributed by atoms with Gasteiger partial charge >= 0.3 is 0 Å². The van der Waals surface area contributed by atoms with Gasteiger partial charge < -0.3 is 35.0 Å². The van der Waals surface area contributed by atoms with E-state index in [1.165, 1.54) is 0 Å². The molecular formula is C40H68B2N4O8. The van der Waals surface area contributed by atoms with Crippen LogP contribution in [0.3, 0.4) is 0 Å². The molecule has 4 amide bonds. The summed E-state index contributed by atoms with van der Waals surface area (Å²) in [6.07, 6.45) is 5.37. The number of ether oxygens (including phenoxy) is 2. The van der Waals surface area contributed by atoms with Gasteiger partial charge in [-0.15, -0.1) is 0 Å². The molecule has 0 bridgehead atoms. The lowest BCUT2D eigenvalue weighted by Crippen LogP contribution is -2.49. The maximum Gasteiger partial charge on any atom is 0.224 e. The molecule has 0 aromatic heterocycles. The smallest absolute Gasteiger partial charge is 0.224 e. The molecule has 2 saturated carbocycles. The summed E-state index contributed by atoms with van der Waals surface area (Å²) in [6.45, 7) is 23.1. The number of Topliss-reactive ketones (excluding diaryl/α,β-unsaturated/α-hetero) is 1. The SMILES string of the molecule is [B]C(=O)N1[C@@H](CC)[C@@H](CC2CCC(=O)CC2C(=O)NC(C)(C)C)OC1(C)C.[B]C(=O)N1[C@@H](CC)[C@@H](CC2CCC(O)CC2C(=O)NC(C)(C)C)OC1(C)C. The van der Waals surface area contributed by atoms with Crippen molar-refractivity contribution < 1.29 is 38.6 Å². The first-order valence-electron chi connectivity index (χ1n) is 20.1. The monoisotopic (exact) mass is 755 g/mol. The van der Waals surface area contributed by atoms with Crippen LogP contribution >= 0.6 is 0 Å². The Hall–Kier alpha value is -2.44. The maximum atomic E-state index is 12.8. The number of nitrogens with one attached hydrogen (secondary N) is 2. The molecule has 0 aromatic rings. The van der Waals surface area contributed by atoms with Gasteiger partial charge in [0.15, 0.2) is 11.6 Å². The highest BCUT2D eigenvalue weighted by Crippen LogP contribution is 2.42. The van der Waals surface area contributed by atoms with Gasteiger partial charge in [-0.1, -0.05) is 13.8 Å². The van der Waals surface area contributed by atoms with Crippen molar-refractivity contribution in [1.29, 1.82) is 0 Å². The summed E-state index contributed by atoms with van der Waals surface area (Å²) in [5.74, 6) is -1.35. The number of amides is 4. The molecule has 4 fully saturated rings. The van der Waals surface area contributed by atoms with Crippen molar-refractivity contribution in [3.63, 3.8) is 0 Å². The summed E-state index contributed by atoms with van der Waals surface area (Å²) in [4.78, 5) is 64.8. The third kappa shape index (κ3) is 11.8. The van der Waals surface area contributed by atoms with E-state index in [0.29, 0.717) is 38.5 Å². The number of aliphatic hydroxyl groups is 1. The topological polar surface area (TPSA) is 155 Å². The number of ketones is 1. The van der Waals surface area contributed by atoms with Crippen LogP contribution in [0.4, 0.5) is 9.59 Å². The third-order valence-electron chi connectivity index (χ3n) is 11.4. The van der Waals surface area contributed by atoms with Gasteiger partial charge in [0.25, 0.3) is 0 Å². The molecule has 3 N–H and O–H groups in total. The molecule has 9 atom stereocenters. The van der Waals surface area contributed by atoms with Crippen LogP contribution in [0.1, 0.15) is 147 Å². The summed E-state index contributed by atoms with van der Waals surface area (Å²) in [6, 6.07) is -0.225. The van der Waals surface area contributed by atoms with Crippen LogP contribution in [0.2, 0.25) is 0 Å². The quantitative estimate of drug-likeness (QED) is 0.280. The second-order valence-electron chi connectivity index (χ2n) is 19.0. The number of carbonyl (C=O) groups excluding carboxylic acids is 5. The van der Waals surface area contributed by atoms with Gasteiger partial charge in [0.05, 0.1) is 30.4 Å². The van der Waals surface area contributed by atoms with Gasteiger partial charge in [-0.2, -0.15) is 0 Å². The number of aliphatic hydroxyl groups excluding tert-OH is 1. The predicted octanol–water partition coefficient (Wildman–Crippen LogP) is 5.35. The van der Waals surface area contributed by atoms with Crippen molar-refractivity contribution in [2.75, 3.05) is 0 Å². The highest BCUT2D eigenvalue weighted by Gasteiger charge is 2.51. The van der Waals surface area contributed by atoms with Crippen LogP contribution in [0.25, 0.3) is 0 Å². The second-order valence-corrected chi connectivity index (χ2v) is 19.0. The van der Waals surface area contributed by atoms with Crippen LogP contribution in [0.15, 0.2) is 0 Å². The Labute approximate surface area is 327 Å². The molecule has 302 valence electrons. The van der Waals surface area contributed by atoms with E-state index in [2.05, 4.69) is 10.6 Å². The molecule has 12 nitrogen and oxygen atoms in total. The van der Waals surface area contributed by atoms with Crippen LogP contribution in [0, 0.1) is 23.7 Å². The molecule has 14 heteroatoms. The van der Waals surface area contributed by atoms with E-state index < -0.39 is 29.2 Å². The third-order valence-corrected chi connectivity index (χ3v) is 11.4. The summed E-state index contributed by atoms with van der Waals surface area (Å²) >= 11 is 0. The lowest BCUT2D eigenvalue weighted by molar-refractivity contribution is -0.136. The fourth-order valence-electron chi connectivity index (χ4n) is 9.29. The number of hydrogen-bond donors (Lipinski definition) is 3. The van der Waals surface area contributed by atoms with Crippen molar-refractivity contribution in [3.8, 4) is 0 Å². The minimum atomic E-state index is -0.773. The van der Waals surface area contributed by atoms with E-state index >= 15 is 0 Å². The Balaban J connectivity index is 0.000000290. The minimum absolute atomic E-state index is 0.0108. The van der Waals surface area contributed by atoms with Crippen molar-refractivity contribution >= 4 is 44.9 Å². The Morgan fingerprint density at radius 3 is 1.54 bits per heavy atom. The lowest BCUT2D eigenvalue weighted by atomic mass is 9.74. The number of carbonyl (C=O) groups is 5. The largest absolute Gasteiger partial charge is 0.393 e. The van der Waals surface area contributed by atoms with Crippen molar-refractivity contribution in [2.45, 2.75) is 200 Å².